The second-order valence-electron chi connectivity index (χ2n) is 3.55. The van der Waals surface area contributed by atoms with E-state index in [-0.39, 0.29) is 4.51 Å². The van der Waals surface area contributed by atoms with Gasteiger partial charge in [0.2, 0.25) is 0 Å². The fourth-order valence-electron chi connectivity index (χ4n) is 1.75. The first kappa shape index (κ1) is 9.22. The summed E-state index contributed by atoms with van der Waals surface area (Å²) in [6, 6.07) is 10.3. The normalized spacial score (nSPS) is 33.5. The lowest BCUT2D eigenvalue weighted by Crippen LogP contribution is -2.22. The van der Waals surface area contributed by atoms with Gasteiger partial charge in [0.15, 0.2) is 4.51 Å². The summed E-state index contributed by atoms with van der Waals surface area (Å²) >= 11 is 3.70. The molecule has 0 aliphatic carbocycles. The highest BCUT2D eigenvalue weighted by molar-refractivity contribution is 9.09. The van der Waals surface area contributed by atoms with Crippen LogP contribution in [0.4, 0.5) is 0 Å². The maximum atomic E-state index is 5.76. The van der Waals surface area contributed by atoms with Crippen LogP contribution in [-0.4, -0.2) is 6.61 Å². The number of benzene rings is 1. The minimum absolute atomic E-state index is 0.242. The van der Waals surface area contributed by atoms with Gasteiger partial charge in [0.25, 0.3) is 0 Å². The van der Waals surface area contributed by atoms with Crippen molar-refractivity contribution < 1.29 is 4.74 Å². The summed E-state index contributed by atoms with van der Waals surface area (Å²) in [6.07, 6.45) is 1.13. The molecule has 1 aliphatic rings. The van der Waals surface area contributed by atoms with Crippen molar-refractivity contribution in [3.8, 4) is 0 Å². The summed E-state index contributed by atoms with van der Waals surface area (Å²) in [7, 11) is 0. The van der Waals surface area contributed by atoms with Gasteiger partial charge in [0.05, 0.1) is 0 Å². The smallest absolute Gasteiger partial charge is 0.150 e. The van der Waals surface area contributed by atoms with Crippen LogP contribution in [0.3, 0.4) is 0 Å². The molecule has 0 spiro atoms. The zero-order valence-electron chi connectivity index (χ0n) is 7.66. The minimum atomic E-state index is -0.242. The van der Waals surface area contributed by atoms with Gasteiger partial charge >= 0.3 is 0 Å². The van der Waals surface area contributed by atoms with E-state index in [9.17, 15) is 0 Å². The number of halogens is 1. The molecule has 0 amide bonds. The fourth-order valence-corrected chi connectivity index (χ4v) is 2.40. The number of hydrogen-bond acceptors (Lipinski definition) is 1. The molecule has 1 heterocycles. The standard InChI is InChI=1S/C11H13BrO/c1-9-7-8-13-11(9,12)10-5-3-2-4-6-10/h2-6,9H,7-8H2,1H3. The van der Waals surface area contributed by atoms with Crippen LogP contribution in [0.1, 0.15) is 18.9 Å². The molecule has 0 radical (unpaired) electrons. The van der Waals surface area contributed by atoms with Crippen LogP contribution in [0.15, 0.2) is 30.3 Å². The van der Waals surface area contributed by atoms with E-state index in [4.69, 9.17) is 4.74 Å². The molecule has 1 aromatic carbocycles. The van der Waals surface area contributed by atoms with Crippen molar-refractivity contribution in [1.29, 1.82) is 0 Å². The molecule has 1 aliphatic heterocycles. The van der Waals surface area contributed by atoms with E-state index in [1.807, 2.05) is 18.2 Å². The average molecular weight is 241 g/mol. The number of hydrogen-bond donors (Lipinski definition) is 0. The van der Waals surface area contributed by atoms with Gasteiger partial charge in [-0.2, -0.15) is 0 Å². The van der Waals surface area contributed by atoms with Crippen LogP contribution in [0.5, 0.6) is 0 Å². The quantitative estimate of drug-likeness (QED) is 0.685. The highest BCUT2D eigenvalue weighted by Gasteiger charge is 2.40. The van der Waals surface area contributed by atoms with Crippen LogP contribution in [0, 0.1) is 5.92 Å². The highest BCUT2D eigenvalue weighted by Crippen LogP contribution is 2.45. The van der Waals surface area contributed by atoms with Crippen LogP contribution >= 0.6 is 15.9 Å². The summed E-state index contributed by atoms with van der Waals surface area (Å²) in [6.45, 7) is 3.07. The third-order valence-electron chi connectivity index (χ3n) is 2.66. The van der Waals surface area contributed by atoms with Crippen molar-refractivity contribution in [2.45, 2.75) is 17.9 Å². The second kappa shape index (κ2) is 3.43. The van der Waals surface area contributed by atoms with Gasteiger partial charge in [-0.3, -0.25) is 0 Å². The second-order valence-corrected chi connectivity index (χ2v) is 4.73. The van der Waals surface area contributed by atoms with Gasteiger partial charge in [0, 0.05) is 12.5 Å². The van der Waals surface area contributed by atoms with Gasteiger partial charge in [0.1, 0.15) is 0 Å². The Kier molecular flexibility index (Phi) is 2.43. The van der Waals surface area contributed by atoms with Crippen molar-refractivity contribution in [2.24, 2.45) is 5.92 Å². The van der Waals surface area contributed by atoms with Gasteiger partial charge in [-0.1, -0.05) is 37.3 Å². The van der Waals surface area contributed by atoms with Crippen molar-refractivity contribution in [2.75, 3.05) is 6.61 Å². The Balaban J connectivity index is 2.34. The molecule has 0 saturated carbocycles. The first-order valence-electron chi connectivity index (χ1n) is 4.62. The van der Waals surface area contributed by atoms with E-state index < -0.39 is 0 Å². The highest BCUT2D eigenvalue weighted by atomic mass is 79.9. The van der Waals surface area contributed by atoms with Gasteiger partial charge < -0.3 is 4.74 Å². The summed E-state index contributed by atoms with van der Waals surface area (Å²) in [5, 5.41) is 0. The molecule has 2 rings (SSSR count). The fraction of sp³-hybridized carbons (Fsp3) is 0.455. The van der Waals surface area contributed by atoms with Crippen molar-refractivity contribution in [3.63, 3.8) is 0 Å². The molecule has 0 bridgehead atoms. The zero-order chi connectivity index (χ0) is 9.31. The van der Waals surface area contributed by atoms with Crippen LogP contribution in [0.2, 0.25) is 0 Å². The van der Waals surface area contributed by atoms with Crippen LogP contribution in [0.25, 0.3) is 0 Å². The number of rotatable bonds is 1. The van der Waals surface area contributed by atoms with Crippen molar-refractivity contribution in [1.82, 2.24) is 0 Å². The molecule has 1 saturated heterocycles. The lowest BCUT2D eigenvalue weighted by molar-refractivity contribution is 0.0678. The third-order valence-corrected chi connectivity index (χ3v) is 4.13. The Morgan fingerprint density at radius 3 is 2.62 bits per heavy atom. The first-order valence-corrected chi connectivity index (χ1v) is 5.41. The molecular weight excluding hydrogens is 228 g/mol. The Labute approximate surface area is 87.2 Å². The lowest BCUT2D eigenvalue weighted by Gasteiger charge is -2.26. The van der Waals surface area contributed by atoms with Gasteiger partial charge in [-0.15, -0.1) is 0 Å². The van der Waals surface area contributed by atoms with E-state index in [2.05, 4.69) is 35.0 Å². The van der Waals surface area contributed by atoms with Crippen molar-refractivity contribution in [3.05, 3.63) is 35.9 Å². The van der Waals surface area contributed by atoms with E-state index in [0.29, 0.717) is 5.92 Å². The monoisotopic (exact) mass is 240 g/mol. The molecule has 1 nitrogen and oxygen atoms in total. The number of ether oxygens (including phenoxy) is 1. The predicted octanol–water partition coefficient (Wildman–Crippen LogP) is 3.29. The maximum Gasteiger partial charge on any atom is 0.150 e. The molecule has 2 atom stereocenters. The largest absolute Gasteiger partial charge is 0.359 e. The molecule has 13 heavy (non-hydrogen) atoms. The van der Waals surface area contributed by atoms with E-state index >= 15 is 0 Å². The van der Waals surface area contributed by atoms with E-state index in [0.717, 1.165) is 13.0 Å². The van der Waals surface area contributed by atoms with Gasteiger partial charge in [-0.25, -0.2) is 0 Å². The van der Waals surface area contributed by atoms with E-state index in [1.54, 1.807) is 0 Å². The number of alkyl halides is 1. The maximum absolute atomic E-state index is 5.76. The zero-order valence-corrected chi connectivity index (χ0v) is 9.25. The summed E-state index contributed by atoms with van der Waals surface area (Å²) in [5.41, 5.74) is 1.22. The molecule has 70 valence electrons. The SMILES string of the molecule is CC1CCOC1(Br)c1ccccc1. The molecule has 0 aromatic heterocycles. The molecule has 1 aromatic rings. The Morgan fingerprint density at radius 2 is 2.08 bits per heavy atom. The molecular formula is C11H13BrO. The topological polar surface area (TPSA) is 9.23 Å². The Morgan fingerprint density at radius 1 is 1.38 bits per heavy atom. The molecule has 0 N–H and O–H groups in total. The average Bonchev–Trinajstić information content (AvgIpc) is 2.50. The minimum Gasteiger partial charge on any atom is -0.359 e. The Bertz CT molecular complexity index is 285. The van der Waals surface area contributed by atoms with Crippen molar-refractivity contribution >= 4 is 15.9 Å². The predicted molar refractivity (Wildman–Crippen MR) is 56.8 cm³/mol. The molecule has 2 unspecified atom stereocenters. The van der Waals surface area contributed by atoms with Gasteiger partial charge in [-0.05, 0) is 27.9 Å². The van der Waals surface area contributed by atoms with Crippen LogP contribution < -0.4 is 0 Å². The third kappa shape index (κ3) is 1.53. The first-order chi connectivity index (χ1) is 6.23. The summed E-state index contributed by atoms with van der Waals surface area (Å²) in [4.78, 5) is 0. The van der Waals surface area contributed by atoms with Crippen LogP contribution in [-0.2, 0) is 9.25 Å². The summed E-state index contributed by atoms with van der Waals surface area (Å²) in [5.74, 6) is 0.537. The lowest BCUT2D eigenvalue weighted by atomic mass is 9.97. The summed E-state index contributed by atoms with van der Waals surface area (Å²) < 4.78 is 5.51. The van der Waals surface area contributed by atoms with E-state index in [1.165, 1.54) is 5.56 Å². The molecule has 2 heteroatoms. The molecule has 1 fully saturated rings. The Hall–Kier alpha value is -0.340.